The molecule has 0 aliphatic carbocycles. The second-order valence-corrected chi connectivity index (χ2v) is 22.5. The van der Waals surface area contributed by atoms with Gasteiger partial charge in [-0.05, 0) is 198 Å². The third kappa shape index (κ3) is 24.5. The van der Waals surface area contributed by atoms with E-state index in [0.717, 1.165) is 119 Å². The average molecular weight is 1490 g/mol. The van der Waals surface area contributed by atoms with E-state index in [2.05, 4.69) is 58.0 Å². The van der Waals surface area contributed by atoms with Crippen molar-refractivity contribution in [2.45, 2.75) is 78.2 Å². The zero-order chi connectivity index (χ0) is 69.4. The number of hydrogen-bond donors (Lipinski definition) is 4. The minimum absolute atomic E-state index is 0.0951. The molecule has 8 aromatic carbocycles. The van der Waals surface area contributed by atoms with E-state index in [9.17, 15) is 52.7 Å². The lowest BCUT2D eigenvalue weighted by atomic mass is 9.97. The number of aryl methyl sites for hydroxylation is 4. The number of halogens is 14. The van der Waals surface area contributed by atoms with Crippen molar-refractivity contribution in [2.75, 3.05) is 24.3 Å². The Labute approximate surface area is 555 Å². The molecule has 27 heteroatoms. The number of aromatic nitrogens is 8. The van der Waals surface area contributed by atoms with Crippen molar-refractivity contribution in [3.05, 3.63) is 262 Å². The first-order valence-electron chi connectivity index (χ1n) is 27.9. The van der Waals surface area contributed by atoms with E-state index < -0.39 is 47.0 Å². The van der Waals surface area contributed by atoms with Gasteiger partial charge >= 0.3 is 24.7 Å². The van der Waals surface area contributed by atoms with Crippen LogP contribution in [0.4, 0.5) is 58.4 Å². The lowest BCUT2D eigenvalue weighted by Crippen LogP contribution is -2.06. The Balaban J connectivity index is 0.000000218. The topological polar surface area (TPSA) is 212 Å². The minimum Gasteiger partial charge on any atom is -0.398 e. The molecule has 0 saturated heterocycles. The monoisotopic (exact) mass is 1480 g/mol. The number of tetrazole rings is 2. The fourth-order valence-corrected chi connectivity index (χ4v) is 8.84. The van der Waals surface area contributed by atoms with Crippen molar-refractivity contribution >= 4 is 44.2 Å². The van der Waals surface area contributed by atoms with Gasteiger partial charge in [-0.25, -0.2) is 0 Å². The molecule has 0 spiro atoms. The SMILES string of the molecule is Cc1ccc(-c2nn[nH]n2)c(Cc2ccc(C(F)(F)F)cc2)c1.Cc1ccc(-c2nnn(CCO)n2)c(Cc2ccc(C(F)(F)F)cc2)c1.Cc1ccc(C#N)c(Cc2ccc(C(F)(F)F)cc2)c1.Cc1ccc(C#N)c(N)c1.FC(F)(F)c1ccc(I)cc1.OCCBr. The largest absolute Gasteiger partial charge is 0.416 e. The minimum atomic E-state index is -4.35. The van der Waals surface area contributed by atoms with Crippen LogP contribution in [0, 0.1) is 53.9 Å². The molecule has 0 saturated carbocycles. The predicted octanol–water partition coefficient (Wildman–Crippen LogP) is 16.6. The van der Waals surface area contributed by atoms with E-state index >= 15 is 0 Å². The quantitative estimate of drug-likeness (QED) is 0.0414. The number of benzene rings is 8. The average Bonchev–Trinajstić information content (AvgIpc) is 1.44. The number of nitrogens with zero attached hydrogens (tertiary/aromatic N) is 9. The summed E-state index contributed by atoms with van der Waals surface area (Å²) in [5, 5.41) is 61.0. The molecular weight excluding hydrogens is 1430 g/mol. The highest BCUT2D eigenvalue weighted by Crippen LogP contribution is 2.34. The van der Waals surface area contributed by atoms with Gasteiger partial charge in [0, 0.05) is 25.7 Å². The number of nitriles is 2. The van der Waals surface area contributed by atoms with E-state index in [1.54, 1.807) is 18.2 Å². The standard InChI is InChI=1S/C18H17F3N4O.C16H13F3N4.C16H12F3N.C8H8N2.C7H4F3I.C2H5BrO/c1-12-2-7-16(17-22-24-25(23-17)8-9-26)14(10-12)11-13-3-5-15(6-4-13)18(19,20)21;1-10-2-7-14(15-20-22-23-21-15)12(8-10)9-11-3-5-13(6-4-11)16(17,18)19;1-11-2-5-13(10-20)14(8-11)9-12-3-6-15(7-4-12)16(17,18)19;1-6-2-3-7(5-9)8(10)4-6;8-7(9,10)5-1-3-6(11)4-2-5;3-1-2-4/h2-7,10,26H,8-9,11H2,1H3;2-8H,9H2,1H3,(H,20,21,22,23);2-8H,9H2,1H3;2-4H,10H2,1H3;1-4H;4H,1-2H2. The maximum atomic E-state index is 12.7. The van der Waals surface area contributed by atoms with Crippen LogP contribution in [-0.4, -0.2) is 69.6 Å². The number of aliphatic hydroxyl groups is 2. The first-order chi connectivity index (χ1) is 44.3. The van der Waals surface area contributed by atoms with Crippen LogP contribution in [0.15, 0.2) is 170 Å². The van der Waals surface area contributed by atoms with Gasteiger partial charge in [0.25, 0.3) is 0 Å². The Bertz CT molecular complexity index is 4070. The first kappa shape index (κ1) is 75.7. The summed E-state index contributed by atoms with van der Waals surface area (Å²) in [5.41, 5.74) is 15.3. The summed E-state index contributed by atoms with van der Waals surface area (Å²) in [5.74, 6) is 0.882. The van der Waals surface area contributed by atoms with Gasteiger partial charge in [-0.2, -0.15) is 73.2 Å². The number of alkyl halides is 13. The molecule has 2 heterocycles. The van der Waals surface area contributed by atoms with Gasteiger partial charge in [0.1, 0.15) is 6.07 Å². The highest BCUT2D eigenvalue weighted by molar-refractivity contribution is 14.1. The number of nitrogens with two attached hydrogens (primary N) is 1. The van der Waals surface area contributed by atoms with Gasteiger partial charge in [-0.1, -0.05) is 124 Å². The molecule has 0 aliphatic heterocycles. The highest BCUT2D eigenvalue weighted by atomic mass is 127. The second kappa shape index (κ2) is 35.3. The van der Waals surface area contributed by atoms with Crippen molar-refractivity contribution in [1.29, 1.82) is 10.5 Å². The summed E-state index contributed by atoms with van der Waals surface area (Å²) < 4.78 is 150. The number of aliphatic hydroxyl groups excluding tert-OH is 2. The van der Waals surface area contributed by atoms with Crippen molar-refractivity contribution in [1.82, 2.24) is 40.8 Å². The number of H-pyrrole nitrogens is 1. The predicted molar refractivity (Wildman–Crippen MR) is 343 cm³/mol. The number of anilines is 1. The van der Waals surface area contributed by atoms with Gasteiger partial charge in [0.2, 0.25) is 11.6 Å². The Morgan fingerprint density at radius 1 is 0.489 bits per heavy atom. The molecule has 492 valence electrons. The van der Waals surface area contributed by atoms with Crippen molar-refractivity contribution in [3.8, 4) is 34.9 Å². The van der Waals surface area contributed by atoms with Gasteiger partial charge in [0.05, 0.1) is 59.2 Å². The van der Waals surface area contributed by atoms with E-state index in [4.69, 9.17) is 26.5 Å². The zero-order valence-corrected chi connectivity index (χ0v) is 54.1. The fourth-order valence-electron chi connectivity index (χ4n) is 8.48. The van der Waals surface area contributed by atoms with Crippen LogP contribution in [0.1, 0.15) is 89.0 Å². The van der Waals surface area contributed by atoms with Gasteiger partial charge in [-0.15, -0.1) is 20.4 Å². The van der Waals surface area contributed by atoms with Crippen LogP contribution in [-0.2, 0) is 50.5 Å². The number of rotatable bonds is 11. The van der Waals surface area contributed by atoms with Gasteiger partial charge < -0.3 is 15.9 Å². The molecule has 0 bridgehead atoms. The maximum absolute atomic E-state index is 12.7. The number of nitrogens with one attached hydrogen (secondary N) is 1. The van der Waals surface area contributed by atoms with E-state index in [1.807, 2.05) is 111 Å². The Morgan fingerprint density at radius 2 is 0.851 bits per heavy atom. The molecule has 10 aromatic rings. The van der Waals surface area contributed by atoms with Crippen molar-refractivity contribution in [2.24, 2.45) is 0 Å². The number of aromatic amines is 1. The molecule has 0 unspecified atom stereocenters. The van der Waals surface area contributed by atoms with E-state index in [-0.39, 0.29) is 19.8 Å². The Hall–Kier alpha value is -9.03. The Kier molecular flexibility index (Phi) is 28.4. The van der Waals surface area contributed by atoms with Crippen LogP contribution in [0.5, 0.6) is 0 Å². The molecule has 94 heavy (non-hydrogen) atoms. The third-order valence-electron chi connectivity index (χ3n) is 13.1. The van der Waals surface area contributed by atoms with Crippen LogP contribution in [0.2, 0.25) is 0 Å². The second-order valence-electron chi connectivity index (χ2n) is 20.5. The molecule has 5 N–H and O–H groups in total. The zero-order valence-electron chi connectivity index (χ0n) is 50.4. The number of nitrogen functional groups attached to an aromatic ring is 1. The highest BCUT2D eigenvalue weighted by Gasteiger charge is 2.32. The summed E-state index contributed by atoms with van der Waals surface area (Å²) in [6.45, 7) is 8.14. The third-order valence-corrected chi connectivity index (χ3v) is 14.2. The Morgan fingerprint density at radius 3 is 1.21 bits per heavy atom. The summed E-state index contributed by atoms with van der Waals surface area (Å²) >= 11 is 4.96. The van der Waals surface area contributed by atoms with E-state index in [1.165, 1.54) is 53.3 Å². The summed E-state index contributed by atoms with van der Waals surface area (Å²) in [4.78, 5) is 1.30. The van der Waals surface area contributed by atoms with Crippen molar-refractivity contribution < 1.29 is 62.9 Å². The summed E-state index contributed by atoms with van der Waals surface area (Å²) in [6, 6.07) is 46.8. The lowest BCUT2D eigenvalue weighted by Gasteiger charge is -2.10. The van der Waals surface area contributed by atoms with Crippen LogP contribution < -0.4 is 5.73 Å². The smallest absolute Gasteiger partial charge is 0.398 e. The molecule has 10 rings (SSSR count). The normalized spacial score (nSPS) is 11.1. The molecular formula is C67H59BrF12IN11O2. The first-order valence-corrected chi connectivity index (χ1v) is 30.1. The molecule has 0 atom stereocenters. The maximum Gasteiger partial charge on any atom is 0.416 e. The lowest BCUT2D eigenvalue weighted by molar-refractivity contribution is -0.138. The molecule has 0 fully saturated rings. The van der Waals surface area contributed by atoms with Crippen LogP contribution in [0.3, 0.4) is 0 Å². The van der Waals surface area contributed by atoms with Crippen LogP contribution in [0.25, 0.3) is 22.8 Å². The summed E-state index contributed by atoms with van der Waals surface area (Å²) in [7, 11) is 0. The molecule has 0 radical (unpaired) electrons. The molecule has 0 aliphatic rings. The number of hydrogen-bond acceptors (Lipinski definition) is 11. The fraction of sp³-hybridized carbons (Fsp3) is 0.224. The van der Waals surface area contributed by atoms with Crippen molar-refractivity contribution in [3.63, 3.8) is 0 Å². The van der Waals surface area contributed by atoms with Gasteiger partial charge in [-0.3, -0.25) is 0 Å². The molecule has 2 aromatic heterocycles. The molecule has 0 amide bonds. The van der Waals surface area contributed by atoms with E-state index in [0.29, 0.717) is 53.1 Å². The summed E-state index contributed by atoms with van der Waals surface area (Å²) in [6.07, 6.45) is -15.8. The van der Waals surface area contributed by atoms with Crippen LogP contribution >= 0.6 is 38.5 Å². The van der Waals surface area contributed by atoms with Gasteiger partial charge in [0.15, 0.2) is 0 Å². The molecule has 13 nitrogen and oxygen atoms in total.